The summed E-state index contributed by atoms with van der Waals surface area (Å²) >= 11 is 1.88. The molecule has 0 atom stereocenters. The number of hydrogen-bond donors (Lipinski definition) is 0. The minimum absolute atomic E-state index is 1.05. The molecule has 9 heavy (non-hydrogen) atoms. The fourth-order valence-electron chi connectivity index (χ4n) is 0.824. The van der Waals surface area contributed by atoms with E-state index in [4.69, 9.17) is 0 Å². The van der Waals surface area contributed by atoms with Gasteiger partial charge in [-0.3, -0.25) is 4.99 Å². The van der Waals surface area contributed by atoms with Crippen molar-refractivity contribution in [2.75, 3.05) is 5.75 Å². The first-order valence-corrected chi connectivity index (χ1v) is 4.18. The lowest BCUT2D eigenvalue weighted by molar-refractivity contribution is 1.05. The van der Waals surface area contributed by atoms with E-state index in [-0.39, 0.29) is 0 Å². The Balaban J connectivity index is 2.72. The van der Waals surface area contributed by atoms with Crippen molar-refractivity contribution in [2.45, 2.75) is 20.3 Å². The first kappa shape index (κ1) is 6.87. The quantitative estimate of drug-likeness (QED) is 0.546. The van der Waals surface area contributed by atoms with Gasteiger partial charge in [-0.15, -0.1) is 11.8 Å². The predicted molar refractivity (Wildman–Crippen MR) is 43.9 cm³/mol. The molecule has 50 valence electrons. The van der Waals surface area contributed by atoms with Gasteiger partial charge in [0.2, 0.25) is 0 Å². The Labute approximate surface area is 60.3 Å². The Morgan fingerprint density at radius 1 is 1.78 bits per heavy atom. The van der Waals surface area contributed by atoms with Gasteiger partial charge < -0.3 is 0 Å². The van der Waals surface area contributed by atoms with E-state index in [1.165, 1.54) is 10.6 Å². The van der Waals surface area contributed by atoms with Crippen LogP contribution in [0.25, 0.3) is 0 Å². The third-order valence-electron chi connectivity index (χ3n) is 1.36. The van der Waals surface area contributed by atoms with Crippen LogP contribution in [0.2, 0.25) is 0 Å². The van der Waals surface area contributed by atoms with E-state index in [0.29, 0.717) is 0 Å². The fraction of sp³-hybridized carbons (Fsp3) is 0.571. The summed E-state index contributed by atoms with van der Waals surface area (Å²) in [6.07, 6.45) is 3.05. The molecule has 0 amide bonds. The van der Waals surface area contributed by atoms with Crippen LogP contribution in [-0.4, -0.2) is 12.0 Å². The van der Waals surface area contributed by atoms with E-state index in [1.54, 1.807) is 0 Å². The molecule has 1 heterocycles. The summed E-state index contributed by atoms with van der Waals surface area (Å²) in [6.45, 7) is 4.28. The molecule has 0 unspecified atom stereocenters. The van der Waals surface area contributed by atoms with Gasteiger partial charge in [-0.25, -0.2) is 0 Å². The zero-order valence-electron chi connectivity index (χ0n) is 5.85. The van der Waals surface area contributed by atoms with Crippen LogP contribution in [0.5, 0.6) is 0 Å². The first-order chi connectivity index (χ1) is 4.34. The summed E-state index contributed by atoms with van der Waals surface area (Å²) in [5.74, 6) is 1.05. The summed E-state index contributed by atoms with van der Waals surface area (Å²) < 4.78 is 0. The SMILES string of the molecule is CCC1=C(C)SCC=N1. The highest BCUT2D eigenvalue weighted by molar-refractivity contribution is 8.03. The molecular weight excluding hydrogens is 130 g/mol. The molecule has 1 aliphatic heterocycles. The summed E-state index contributed by atoms with van der Waals surface area (Å²) in [5, 5.41) is 0. The van der Waals surface area contributed by atoms with Crippen LogP contribution in [-0.2, 0) is 0 Å². The lowest BCUT2D eigenvalue weighted by atomic mass is 10.3. The van der Waals surface area contributed by atoms with Gasteiger partial charge in [0.1, 0.15) is 0 Å². The summed E-state index contributed by atoms with van der Waals surface area (Å²) in [7, 11) is 0. The number of rotatable bonds is 1. The van der Waals surface area contributed by atoms with Gasteiger partial charge >= 0.3 is 0 Å². The lowest BCUT2D eigenvalue weighted by Gasteiger charge is -2.07. The maximum Gasteiger partial charge on any atom is 0.0489 e. The van der Waals surface area contributed by atoms with E-state index in [1.807, 2.05) is 18.0 Å². The Kier molecular flexibility index (Phi) is 2.34. The molecule has 0 saturated heterocycles. The smallest absolute Gasteiger partial charge is 0.0489 e. The average molecular weight is 141 g/mol. The monoisotopic (exact) mass is 141 g/mol. The molecule has 0 N–H and O–H groups in total. The third-order valence-corrected chi connectivity index (χ3v) is 2.35. The van der Waals surface area contributed by atoms with Crippen LogP contribution in [0, 0.1) is 0 Å². The summed E-state index contributed by atoms with van der Waals surface area (Å²) in [5.41, 5.74) is 1.26. The molecule has 0 saturated carbocycles. The predicted octanol–water partition coefficient (Wildman–Crippen LogP) is 2.45. The highest BCUT2D eigenvalue weighted by Crippen LogP contribution is 2.24. The van der Waals surface area contributed by atoms with Gasteiger partial charge in [-0.05, 0) is 13.3 Å². The molecule has 0 spiro atoms. The largest absolute Gasteiger partial charge is 0.264 e. The zero-order chi connectivity index (χ0) is 6.69. The number of allylic oxidation sites excluding steroid dienone is 2. The van der Waals surface area contributed by atoms with Gasteiger partial charge in [0, 0.05) is 22.6 Å². The molecule has 0 aromatic carbocycles. The average Bonchev–Trinajstić information content (AvgIpc) is 1.89. The zero-order valence-corrected chi connectivity index (χ0v) is 6.66. The van der Waals surface area contributed by atoms with Gasteiger partial charge in [-0.1, -0.05) is 6.92 Å². The fourth-order valence-corrected chi connectivity index (χ4v) is 1.59. The molecule has 0 bridgehead atoms. The molecular formula is C7H11NS. The molecule has 0 aliphatic carbocycles. The van der Waals surface area contributed by atoms with E-state index in [2.05, 4.69) is 18.8 Å². The second-order valence-corrected chi connectivity index (χ2v) is 3.21. The Hall–Kier alpha value is -0.240. The van der Waals surface area contributed by atoms with E-state index in [0.717, 1.165) is 12.2 Å². The van der Waals surface area contributed by atoms with Crippen molar-refractivity contribution in [2.24, 2.45) is 4.99 Å². The summed E-state index contributed by atoms with van der Waals surface area (Å²) in [6, 6.07) is 0. The first-order valence-electron chi connectivity index (χ1n) is 3.19. The van der Waals surface area contributed by atoms with Crippen LogP contribution in [0.3, 0.4) is 0 Å². The van der Waals surface area contributed by atoms with Crippen molar-refractivity contribution in [1.29, 1.82) is 0 Å². The maximum absolute atomic E-state index is 4.26. The topological polar surface area (TPSA) is 12.4 Å². The van der Waals surface area contributed by atoms with Gasteiger partial charge in [0.15, 0.2) is 0 Å². The highest BCUT2D eigenvalue weighted by atomic mass is 32.2. The summed E-state index contributed by atoms with van der Waals surface area (Å²) in [4.78, 5) is 5.65. The number of hydrogen-bond acceptors (Lipinski definition) is 2. The van der Waals surface area contributed by atoms with Crippen LogP contribution in [0.15, 0.2) is 15.6 Å². The van der Waals surface area contributed by atoms with Crippen molar-refractivity contribution in [3.05, 3.63) is 10.6 Å². The highest BCUT2D eigenvalue weighted by Gasteiger charge is 2.01. The van der Waals surface area contributed by atoms with Crippen LogP contribution in [0.4, 0.5) is 0 Å². The minimum Gasteiger partial charge on any atom is -0.264 e. The molecule has 1 aliphatic rings. The molecule has 1 nitrogen and oxygen atoms in total. The Morgan fingerprint density at radius 3 is 3.00 bits per heavy atom. The minimum atomic E-state index is 1.05. The molecule has 0 radical (unpaired) electrons. The second-order valence-electron chi connectivity index (χ2n) is 1.98. The molecule has 0 aromatic rings. The molecule has 0 fully saturated rings. The molecule has 1 rings (SSSR count). The molecule has 0 aromatic heterocycles. The van der Waals surface area contributed by atoms with Gasteiger partial charge in [0.05, 0.1) is 0 Å². The van der Waals surface area contributed by atoms with E-state index in [9.17, 15) is 0 Å². The standard InChI is InChI=1S/C7H11NS/c1-3-7-6(2)9-5-4-8-7/h4H,3,5H2,1-2H3. The van der Waals surface area contributed by atoms with Crippen molar-refractivity contribution in [3.63, 3.8) is 0 Å². The van der Waals surface area contributed by atoms with Gasteiger partial charge in [0.25, 0.3) is 0 Å². The van der Waals surface area contributed by atoms with E-state index >= 15 is 0 Å². The van der Waals surface area contributed by atoms with Crippen molar-refractivity contribution >= 4 is 18.0 Å². The van der Waals surface area contributed by atoms with Crippen molar-refractivity contribution < 1.29 is 0 Å². The number of nitrogens with zero attached hydrogens (tertiary/aromatic N) is 1. The van der Waals surface area contributed by atoms with E-state index < -0.39 is 0 Å². The third kappa shape index (κ3) is 1.58. The number of aliphatic imine (C=N–C) groups is 1. The maximum atomic E-state index is 4.26. The Morgan fingerprint density at radius 2 is 2.56 bits per heavy atom. The lowest BCUT2D eigenvalue weighted by Crippen LogP contribution is -1.92. The van der Waals surface area contributed by atoms with Crippen LogP contribution in [0.1, 0.15) is 20.3 Å². The number of thioether (sulfide) groups is 1. The normalized spacial score (nSPS) is 18.9. The van der Waals surface area contributed by atoms with Crippen LogP contribution < -0.4 is 0 Å². The van der Waals surface area contributed by atoms with Crippen LogP contribution >= 0.6 is 11.8 Å². The second kappa shape index (κ2) is 3.06. The Bertz CT molecular complexity index is 158. The van der Waals surface area contributed by atoms with Crippen molar-refractivity contribution in [1.82, 2.24) is 0 Å². The molecule has 2 heteroatoms. The van der Waals surface area contributed by atoms with Crippen molar-refractivity contribution in [3.8, 4) is 0 Å². The van der Waals surface area contributed by atoms with Gasteiger partial charge in [-0.2, -0.15) is 0 Å².